The van der Waals surface area contributed by atoms with Gasteiger partial charge in [-0.25, -0.2) is 0 Å². The summed E-state index contributed by atoms with van der Waals surface area (Å²) in [6.45, 7) is 35.8. The number of aromatic nitrogens is 1. The van der Waals surface area contributed by atoms with E-state index in [9.17, 15) is 19.5 Å². The lowest BCUT2D eigenvalue weighted by Crippen LogP contribution is -2.45. The molecule has 4 N–H and O–H groups in total. The summed E-state index contributed by atoms with van der Waals surface area (Å²) < 4.78 is 13.3. The van der Waals surface area contributed by atoms with Crippen molar-refractivity contribution >= 4 is 51.5 Å². The lowest BCUT2D eigenvalue weighted by atomic mass is 9.84. The minimum Gasteiger partial charge on any atom is -0.505 e. The number of carbonyl (C=O) groups is 3. The van der Waals surface area contributed by atoms with Crippen molar-refractivity contribution in [3.63, 3.8) is 0 Å². The average molecular weight is 982 g/mol. The number of aromatic amines is 1. The standard InChI is InChI=1S/C57H88N4O6Si2/c1-15-61(16-2)35-34-58-55(65)52-40(4)59-48(53(52)63)37-46-45-36-42(31-33-47(45)60-54(46)64)66-51(62)27-23-18-17-22-26-44-43(32-29-39(3)28-30-41-24-20-19-21-25-41)49(67-69(13,14)57(8,9)10)38-50(44)68(11,12)56(5,6)7/h17,19-22,24-25,31,33,36-37,39,43-44,49-50,59,63H,15-16,18,23,26-30,32,34-35,38H2,1-14H3,(H,58,65)(H,60,64)/b22-17-,46-37-/t39-,43-,44-,49-,50+/m1/s1. The number of hydrogen-bond donors (Lipinski definition) is 4. The van der Waals surface area contributed by atoms with Crippen molar-refractivity contribution in [2.75, 3.05) is 31.5 Å². The lowest BCUT2D eigenvalue weighted by molar-refractivity contribution is -0.134. The maximum Gasteiger partial charge on any atom is 0.311 e. The van der Waals surface area contributed by atoms with Gasteiger partial charge in [0, 0.05) is 42.6 Å². The summed E-state index contributed by atoms with van der Waals surface area (Å²) in [5.74, 6) is 0.748. The van der Waals surface area contributed by atoms with Crippen LogP contribution < -0.4 is 15.4 Å². The van der Waals surface area contributed by atoms with Gasteiger partial charge < -0.3 is 34.8 Å². The number of esters is 1. The predicted molar refractivity (Wildman–Crippen MR) is 291 cm³/mol. The molecule has 3 aromatic rings. The molecule has 12 heteroatoms. The third kappa shape index (κ3) is 14.2. The Labute approximate surface area is 418 Å². The van der Waals surface area contributed by atoms with Crippen LogP contribution in [0.2, 0.25) is 41.8 Å². The predicted octanol–water partition coefficient (Wildman–Crippen LogP) is 13.6. The number of fused-ring (bicyclic) bond motifs is 1. The summed E-state index contributed by atoms with van der Waals surface area (Å²) in [5, 5.41) is 17.3. The van der Waals surface area contributed by atoms with E-state index >= 15 is 0 Å². The minimum absolute atomic E-state index is 0.145. The number of nitrogens with zero attached hydrogens (tertiary/aromatic N) is 1. The first kappa shape index (κ1) is 55.7. The van der Waals surface area contributed by atoms with Crippen LogP contribution in [0.4, 0.5) is 5.69 Å². The first-order chi connectivity index (χ1) is 32.4. The van der Waals surface area contributed by atoms with Crippen molar-refractivity contribution in [2.24, 2.45) is 17.8 Å². The van der Waals surface area contributed by atoms with E-state index in [2.05, 4.69) is 152 Å². The van der Waals surface area contributed by atoms with Crippen molar-refractivity contribution in [1.29, 1.82) is 0 Å². The molecule has 380 valence electrons. The number of hydrogen-bond acceptors (Lipinski definition) is 7. The van der Waals surface area contributed by atoms with Gasteiger partial charge in [0.05, 0.1) is 19.3 Å². The van der Waals surface area contributed by atoms with Crippen LogP contribution in [-0.4, -0.2) is 81.4 Å². The largest absolute Gasteiger partial charge is 0.505 e. The number of aromatic hydroxyl groups is 1. The Morgan fingerprint density at radius 3 is 2.30 bits per heavy atom. The third-order valence-corrected chi connectivity index (χ3v) is 27.4. The van der Waals surface area contributed by atoms with Crippen LogP contribution in [0.15, 0.2) is 60.7 Å². The Morgan fingerprint density at radius 1 is 0.957 bits per heavy atom. The number of likely N-dealkylation sites (N-methyl/N-ethyl adjacent to an activating group) is 1. The molecule has 5 rings (SSSR count). The SMILES string of the molecule is CCN(CC)CCNC(=O)c1c(C)[nH]c(/C=C2\C(=O)Nc3ccc(OC(=O)CCC/C=C\C[C@@H]4[C@@H](CC[C@H](C)CCc5ccccc5)[C@H](O[Si](C)(C)C(C)(C)C)C[C@@H]4[Si](C)(C)C(C)(C)C)cc32)c1O. The van der Waals surface area contributed by atoms with Crippen molar-refractivity contribution in [1.82, 2.24) is 15.2 Å². The Morgan fingerprint density at radius 2 is 1.65 bits per heavy atom. The molecule has 1 fully saturated rings. The smallest absolute Gasteiger partial charge is 0.311 e. The van der Waals surface area contributed by atoms with E-state index in [1.165, 1.54) is 30.9 Å². The van der Waals surface area contributed by atoms with Gasteiger partial charge in [0.25, 0.3) is 11.8 Å². The number of amides is 2. The topological polar surface area (TPSA) is 133 Å². The highest BCUT2D eigenvalue weighted by Gasteiger charge is 2.55. The molecule has 0 saturated heterocycles. The molecule has 0 unspecified atom stereocenters. The molecular weight excluding hydrogens is 893 g/mol. The van der Waals surface area contributed by atoms with E-state index in [-0.39, 0.29) is 63.0 Å². The number of H-pyrrole nitrogens is 1. The number of anilines is 1. The van der Waals surface area contributed by atoms with Gasteiger partial charge in [0.15, 0.2) is 14.1 Å². The van der Waals surface area contributed by atoms with Gasteiger partial charge in [-0.15, -0.1) is 0 Å². The number of unbranched alkanes of at least 4 members (excludes halogenated alkanes) is 1. The van der Waals surface area contributed by atoms with E-state index in [0.29, 0.717) is 65.5 Å². The molecule has 0 bridgehead atoms. The number of ether oxygens (including phenoxy) is 1. The fourth-order valence-electron chi connectivity index (χ4n) is 10.1. The fraction of sp³-hybridized carbons (Fsp3) is 0.596. The molecule has 2 aliphatic rings. The molecule has 10 nitrogen and oxygen atoms in total. The monoisotopic (exact) mass is 981 g/mol. The molecular formula is C57H88N4O6Si2. The highest BCUT2D eigenvalue weighted by Crippen LogP contribution is 2.58. The number of carbonyl (C=O) groups excluding carboxylic acids is 3. The first-order valence-corrected chi connectivity index (χ1v) is 32.0. The highest BCUT2D eigenvalue weighted by atomic mass is 28.4. The Hall–Kier alpha value is -4.24. The van der Waals surface area contributed by atoms with E-state index < -0.39 is 16.4 Å². The molecule has 2 aromatic carbocycles. The van der Waals surface area contributed by atoms with Crippen LogP contribution in [0.5, 0.6) is 11.5 Å². The Kier molecular flexibility index (Phi) is 19.2. The van der Waals surface area contributed by atoms with Crippen molar-refractivity contribution in [3.8, 4) is 11.5 Å². The van der Waals surface area contributed by atoms with E-state index in [1.807, 2.05) is 0 Å². The maximum absolute atomic E-state index is 13.2. The average Bonchev–Trinajstić information content (AvgIpc) is 3.89. The van der Waals surface area contributed by atoms with Crippen molar-refractivity contribution in [2.45, 2.75) is 175 Å². The Balaban J connectivity index is 1.23. The molecule has 1 saturated carbocycles. The van der Waals surface area contributed by atoms with Crippen LogP contribution >= 0.6 is 0 Å². The second-order valence-electron chi connectivity index (χ2n) is 23.2. The first-order valence-electron chi connectivity index (χ1n) is 26.0. The number of allylic oxidation sites excluding steroid dienone is 2. The molecule has 2 heterocycles. The molecule has 2 amide bonds. The number of benzene rings is 2. The number of nitrogens with one attached hydrogen (secondary N) is 3. The van der Waals surface area contributed by atoms with Crippen molar-refractivity contribution in [3.05, 3.63) is 88.8 Å². The maximum atomic E-state index is 13.2. The third-order valence-electron chi connectivity index (χ3n) is 16.5. The summed E-state index contributed by atoms with van der Waals surface area (Å²) in [7, 11) is -3.76. The van der Waals surface area contributed by atoms with E-state index in [1.54, 1.807) is 25.1 Å². The quantitative estimate of drug-likeness (QED) is 0.0186. The summed E-state index contributed by atoms with van der Waals surface area (Å²) in [6.07, 6.45) is 15.1. The number of aryl methyl sites for hydroxylation is 2. The molecule has 0 radical (unpaired) electrons. The van der Waals surface area contributed by atoms with Gasteiger partial charge in [-0.1, -0.05) is 124 Å². The van der Waals surface area contributed by atoms with E-state index in [4.69, 9.17) is 9.16 Å². The van der Waals surface area contributed by atoms with Crippen molar-refractivity contribution < 1.29 is 28.7 Å². The lowest BCUT2D eigenvalue weighted by Gasteiger charge is -2.45. The highest BCUT2D eigenvalue weighted by molar-refractivity contribution is 6.81. The molecule has 5 atom stereocenters. The summed E-state index contributed by atoms with van der Waals surface area (Å²) >= 11 is 0. The van der Waals surface area contributed by atoms with Crippen LogP contribution in [0.3, 0.4) is 0 Å². The summed E-state index contributed by atoms with van der Waals surface area (Å²) in [5.41, 5.74) is 4.36. The van der Waals surface area contributed by atoms with Gasteiger partial charge >= 0.3 is 5.97 Å². The minimum atomic E-state index is -2.01. The molecule has 69 heavy (non-hydrogen) atoms. The number of rotatable bonds is 23. The molecule has 0 spiro atoms. The van der Waals surface area contributed by atoms with Gasteiger partial charge in [0.1, 0.15) is 11.3 Å². The van der Waals surface area contributed by atoms with E-state index in [0.717, 1.165) is 38.8 Å². The van der Waals surface area contributed by atoms with Crippen LogP contribution in [-0.2, 0) is 20.4 Å². The molecule has 1 aliphatic heterocycles. The summed E-state index contributed by atoms with van der Waals surface area (Å²) in [6, 6.07) is 16.0. The van der Waals surface area contributed by atoms with Gasteiger partial charge in [-0.3, -0.25) is 14.4 Å². The van der Waals surface area contributed by atoms with Crippen LogP contribution in [0.1, 0.15) is 147 Å². The fourth-order valence-corrected chi connectivity index (χ4v) is 14.8. The second kappa shape index (κ2) is 23.8. The molecule has 1 aromatic heterocycles. The second-order valence-corrected chi connectivity index (χ2v) is 33.7. The zero-order chi connectivity index (χ0) is 50.9. The van der Waals surface area contributed by atoms with Gasteiger partial charge in [-0.05, 0) is 141 Å². The zero-order valence-electron chi connectivity index (χ0n) is 44.9. The zero-order valence-corrected chi connectivity index (χ0v) is 46.9. The molecule has 1 aliphatic carbocycles. The van der Waals surface area contributed by atoms with Crippen LogP contribution in [0.25, 0.3) is 11.6 Å². The normalized spacial score (nSPS) is 19.9. The van der Waals surface area contributed by atoms with Gasteiger partial charge in [0.2, 0.25) is 0 Å². The summed E-state index contributed by atoms with van der Waals surface area (Å²) in [4.78, 5) is 44.7. The van der Waals surface area contributed by atoms with Gasteiger partial charge in [-0.2, -0.15) is 0 Å². The Bertz CT molecular complexity index is 2270. The van der Waals surface area contributed by atoms with Crippen LogP contribution in [0, 0.1) is 24.7 Å².